The van der Waals surface area contributed by atoms with Gasteiger partial charge >= 0.3 is 0 Å². The molecule has 1 saturated heterocycles. The first-order valence-corrected chi connectivity index (χ1v) is 8.81. The molecule has 1 amide bonds. The SMILES string of the molecule is Cl.O=C(c1ccc2ccccc2c1)N1CCC(NCC2CC2)CC1. The molecule has 2 aliphatic rings. The van der Waals surface area contributed by atoms with Crippen LogP contribution in [0.1, 0.15) is 36.0 Å². The van der Waals surface area contributed by atoms with Gasteiger partial charge in [0.2, 0.25) is 0 Å². The summed E-state index contributed by atoms with van der Waals surface area (Å²) >= 11 is 0. The molecule has 0 aromatic heterocycles. The molecule has 24 heavy (non-hydrogen) atoms. The summed E-state index contributed by atoms with van der Waals surface area (Å²) in [5, 5.41) is 5.99. The number of piperidine rings is 1. The van der Waals surface area contributed by atoms with Crippen LogP contribution in [-0.2, 0) is 0 Å². The summed E-state index contributed by atoms with van der Waals surface area (Å²) in [6.45, 7) is 2.91. The average Bonchev–Trinajstić information content (AvgIpc) is 3.44. The van der Waals surface area contributed by atoms with Gasteiger partial charge in [-0.2, -0.15) is 0 Å². The van der Waals surface area contributed by atoms with Crippen molar-refractivity contribution in [2.45, 2.75) is 31.7 Å². The first-order valence-electron chi connectivity index (χ1n) is 8.81. The molecule has 128 valence electrons. The van der Waals surface area contributed by atoms with Crippen LogP contribution in [0.4, 0.5) is 0 Å². The molecule has 2 aromatic rings. The van der Waals surface area contributed by atoms with Crippen LogP contribution < -0.4 is 5.32 Å². The van der Waals surface area contributed by atoms with Crippen LogP contribution >= 0.6 is 12.4 Å². The zero-order valence-electron chi connectivity index (χ0n) is 13.9. The monoisotopic (exact) mass is 344 g/mol. The van der Waals surface area contributed by atoms with E-state index < -0.39 is 0 Å². The standard InChI is InChI=1S/C20H24N2O.ClH/c23-20(18-8-7-16-3-1-2-4-17(16)13-18)22-11-9-19(10-12-22)21-14-15-5-6-15;/h1-4,7-8,13,15,19,21H,5-6,9-12,14H2;1H. The minimum Gasteiger partial charge on any atom is -0.339 e. The fraction of sp³-hybridized carbons (Fsp3) is 0.450. The van der Waals surface area contributed by atoms with E-state index in [1.165, 1.54) is 24.8 Å². The van der Waals surface area contributed by atoms with Crippen LogP contribution in [-0.4, -0.2) is 36.5 Å². The van der Waals surface area contributed by atoms with Crippen LogP contribution in [0, 0.1) is 5.92 Å². The van der Waals surface area contributed by atoms with Crippen LogP contribution in [0.3, 0.4) is 0 Å². The summed E-state index contributed by atoms with van der Waals surface area (Å²) in [6.07, 6.45) is 4.94. The third kappa shape index (κ3) is 3.90. The van der Waals surface area contributed by atoms with E-state index in [1.54, 1.807) is 0 Å². The molecule has 0 bridgehead atoms. The molecule has 4 rings (SSSR count). The highest BCUT2D eigenvalue weighted by atomic mass is 35.5. The number of hydrogen-bond acceptors (Lipinski definition) is 2. The summed E-state index contributed by atoms with van der Waals surface area (Å²) < 4.78 is 0. The molecule has 1 heterocycles. The van der Waals surface area contributed by atoms with Gasteiger partial charge in [-0.05, 0) is 61.1 Å². The van der Waals surface area contributed by atoms with Gasteiger partial charge in [0.15, 0.2) is 0 Å². The molecule has 2 fully saturated rings. The first kappa shape index (κ1) is 17.2. The molecule has 3 nitrogen and oxygen atoms in total. The van der Waals surface area contributed by atoms with E-state index in [2.05, 4.69) is 17.4 Å². The average molecular weight is 345 g/mol. The number of halogens is 1. The molecule has 0 spiro atoms. The number of benzene rings is 2. The minimum absolute atomic E-state index is 0. The molecule has 1 saturated carbocycles. The van der Waals surface area contributed by atoms with Gasteiger partial charge in [0.05, 0.1) is 0 Å². The summed E-state index contributed by atoms with van der Waals surface area (Å²) in [5.41, 5.74) is 0.813. The lowest BCUT2D eigenvalue weighted by atomic mass is 10.0. The first-order chi connectivity index (χ1) is 11.3. The fourth-order valence-electron chi connectivity index (χ4n) is 3.45. The van der Waals surface area contributed by atoms with Crippen molar-refractivity contribution in [1.29, 1.82) is 0 Å². The minimum atomic E-state index is 0. The van der Waals surface area contributed by atoms with Crippen LogP contribution in [0.2, 0.25) is 0 Å². The predicted octanol–water partition coefficient (Wildman–Crippen LogP) is 3.87. The van der Waals surface area contributed by atoms with E-state index >= 15 is 0 Å². The largest absolute Gasteiger partial charge is 0.339 e. The lowest BCUT2D eigenvalue weighted by Crippen LogP contribution is -2.45. The fourth-order valence-corrected chi connectivity index (χ4v) is 3.45. The highest BCUT2D eigenvalue weighted by Crippen LogP contribution is 2.28. The Kier molecular flexibility index (Phi) is 5.42. The van der Waals surface area contributed by atoms with Crippen LogP contribution in [0.25, 0.3) is 10.8 Å². The summed E-state index contributed by atoms with van der Waals surface area (Å²) in [7, 11) is 0. The number of nitrogens with one attached hydrogen (secondary N) is 1. The highest BCUT2D eigenvalue weighted by molar-refractivity contribution is 5.98. The van der Waals surface area contributed by atoms with Crippen LogP contribution in [0.5, 0.6) is 0 Å². The second-order valence-electron chi connectivity index (χ2n) is 6.98. The number of hydrogen-bond donors (Lipinski definition) is 1. The molecule has 1 aliphatic heterocycles. The van der Waals surface area contributed by atoms with E-state index in [0.717, 1.165) is 42.8 Å². The van der Waals surface area contributed by atoms with E-state index in [-0.39, 0.29) is 18.3 Å². The molecular weight excluding hydrogens is 320 g/mol. The maximum absolute atomic E-state index is 12.7. The molecule has 1 N–H and O–H groups in total. The molecule has 0 unspecified atom stereocenters. The Bertz CT molecular complexity index is 706. The quantitative estimate of drug-likeness (QED) is 0.913. The van der Waals surface area contributed by atoms with Crippen molar-refractivity contribution in [3.8, 4) is 0 Å². The van der Waals surface area contributed by atoms with Gasteiger partial charge in [-0.3, -0.25) is 4.79 Å². The van der Waals surface area contributed by atoms with Gasteiger partial charge in [0.1, 0.15) is 0 Å². The van der Waals surface area contributed by atoms with Crippen molar-refractivity contribution >= 4 is 29.1 Å². The molecule has 4 heteroatoms. The Morgan fingerprint density at radius 1 is 1.00 bits per heavy atom. The Labute approximate surface area is 149 Å². The maximum atomic E-state index is 12.7. The molecule has 0 radical (unpaired) electrons. The van der Waals surface area contributed by atoms with E-state index in [9.17, 15) is 4.79 Å². The second-order valence-corrected chi connectivity index (χ2v) is 6.98. The number of rotatable bonds is 4. The zero-order valence-corrected chi connectivity index (χ0v) is 14.7. The summed E-state index contributed by atoms with van der Waals surface area (Å²) in [5.74, 6) is 1.10. The topological polar surface area (TPSA) is 32.3 Å². The van der Waals surface area contributed by atoms with Crippen LogP contribution in [0.15, 0.2) is 42.5 Å². The van der Waals surface area contributed by atoms with Gasteiger partial charge in [0, 0.05) is 24.7 Å². The number of likely N-dealkylation sites (tertiary alicyclic amines) is 1. The Morgan fingerprint density at radius 2 is 1.71 bits per heavy atom. The molecule has 0 atom stereocenters. The van der Waals surface area contributed by atoms with E-state index in [0.29, 0.717) is 6.04 Å². The van der Waals surface area contributed by atoms with Crippen molar-refractivity contribution in [3.63, 3.8) is 0 Å². The van der Waals surface area contributed by atoms with Crippen molar-refractivity contribution in [2.24, 2.45) is 5.92 Å². The van der Waals surface area contributed by atoms with Crippen molar-refractivity contribution in [3.05, 3.63) is 48.0 Å². The van der Waals surface area contributed by atoms with Gasteiger partial charge in [-0.1, -0.05) is 30.3 Å². The third-order valence-corrected chi connectivity index (χ3v) is 5.17. The van der Waals surface area contributed by atoms with E-state index in [1.807, 2.05) is 35.2 Å². The number of nitrogens with zero attached hydrogens (tertiary/aromatic N) is 1. The van der Waals surface area contributed by atoms with E-state index in [4.69, 9.17) is 0 Å². The number of carbonyl (C=O) groups is 1. The van der Waals surface area contributed by atoms with Gasteiger partial charge in [-0.25, -0.2) is 0 Å². The predicted molar refractivity (Wildman–Crippen MR) is 101 cm³/mol. The lowest BCUT2D eigenvalue weighted by Gasteiger charge is -2.32. The van der Waals surface area contributed by atoms with Gasteiger partial charge < -0.3 is 10.2 Å². The number of carbonyl (C=O) groups excluding carboxylic acids is 1. The second kappa shape index (κ2) is 7.54. The molecule has 1 aliphatic carbocycles. The summed E-state index contributed by atoms with van der Waals surface area (Å²) in [4.78, 5) is 14.7. The Hall–Kier alpha value is -1.58. The van der Waals surface area contributed by atoms with Crippen molar-refractivity contribution in [2.75, 3.05) is 19.6 Å². The normalized spacial score (nSPS) is 18.4. The zero-order chi connectivity index (χ0) is 15.6. The smallest absolute Gasteiger partial charge is 0.253 e. The third-order valence-electron chi connectivity index (χ3n) is 5.17. The van der Waals surface area contributed by atoms with Gasteiger partial charge in [0.25, 0.3) is 5.91 Å². The number of amides is 1. The lowest BCUT2D eigenvalue weighted by molar-refractivity contribution is 0.0705. The van der Waals surface area contributed by atoms with Crippen molar-refractivity contribution < 1.29 is 4.79 Å². The Balaban J connectivity index is 0.00000169. The van der Waals surface area contributed by atoms with Crippen molar-refractivity contribution in [1.82, 2.24) is 10.2 Å². The summed E-state index contributed by atoms with van der Waals surface area (Å²) in [6, 6.07) is 14.8. The molecular formula is C20H25ClN2O. The number of fused-ring (bicyclic) bond motifs is 1. The highest BCUT2D eigenvalue weighted by Gasteiger charge is 2.26. The Morgan fingerprint density at radius 3 is 2.42 bits per heavy atom. The molecule has 2 aromatic carbocycles. The maximum Gasteiger partial charge on any atom is 0.253 e. The van der Waals surface area contributed by atoms with Gasteiger partial charge in [-0.15, -0.1) is 12.4 Å².